The standard InChI is InChI=1S/C26H49N10O11P/c1-5-14(3)21(36-48(45,46)47-6-2)25(44)33-15(4)22(41)31-12-19(38)34-17(9-10-18(27)37)24(43)35-16(8-7-11-30-26(28)29)23(42)32-13-20(39)40/h14-17,21H,5-13H2,1-4H3,(H2,27,37)(H,31,41)(H,32,42)(H,33,44)(H,34,38)(H,35,43)(H,39,40)(H4,28,29,30)(H2,36,45,46)/p-1/t14-,15-,16-,17-,21-/m0/s1. The minimum Gasteiger partial charge on any atom is -0.766 e. The van der Waals surface area contributed by atoms with Gasteiger partial charge in [0.15, 0.2) is 5.96 Å². The maximum atomic E-state index is 13.1. The summed E-state index contributed by atoms with van der Waals surface area (Å²) in [6, 6.07) is -5.17. The van der Waals surface area contributed by atoms with Gasteiger partial charge in [0.25, 0.3) is 0 Å². The molecule has 0 aliphatic rings. The molecule has 0 bridgehead atoms. The van der Waals surface area contributed by atoms with Crippen molar-refractivity contribution in [2.75, 3.05) is 26.2 Å². The predicted molar refractivity (Wildman–Crippen MR) is 169 cm³/mol. The van der Waals surface area contributed by atoms with Gasteiger partial charge in [0.2, 0.25) is 43.2 Å². The van der Waals surface area contributed by atoms with Crippen LogP contribution in [0.15, 0.2) is 4.99 Å². The summed E-state index contributed by atoms with van der Waals surface area (Å²) in [4.78, 5) is 102. The van der Waals surface area contributed by atoms with E-state index in [9.17, 15) is 43.0 Å². The summed E-state index contributed by atoms with van der Waals surface area (Å²) < 4.78 is 16.8. The van der Waals surface area contributed by atoms with Gasteiger partial charge in [-0.2, -0.15) is 0 Å². The van der Waals surface area contributed by atoms with Crippen LogP contribution >= 0.6 is 7.75 Å². The number of guanidine groups is 1. The average molecular weight is 708 g/mol. The summed E-state index contributed by atoms with van der Waals surface area (Å²) in [5.74, 6) is -7.11. The van der Waals surface area contributed by atoms with Gasteiger partial charge in [0.1, 0.15) is 24.7 Å². The van der Waals surface area contributed by atoms with Crippen LogP contribution in [0, 0.1) is 5.92 Å². The van der Waals surface area contributed by atoms with E-state index in [2.05, 4.69) is 41.2 Å². The van der Waals surface area contributed by atoms with Crippen molar-refractivity contribution >= 4 is 55.1 Å². The van der Waals surface area contributed by atoms with Crippen molar-refractivity contribution in [1.29, 1.82) is 0 Å². The van der Waals surface area contributed by atoms with Gasteiger partial charge in [-0.15, -0.1) is 0 Å². The maximum Gasteiger partial charge on any atom is 0.322 e. The number of hydrogen-bond acceptors (Lipinski definition) is 11. The number of carbonyl (C=O) groups excluding carboxylic acids is 6. The lowest BCUT2D eigenvalue weighted by atomic mass is 9.99. The van der Waals surface area contributed by atoms with E-state index in [0.29, 0.717) is 6.42 Å². The SMILES string of the molecule is CCOP(=O)([O-])N[C@H](C(=O)N[C@@H](C)C(=O)NCC(=O)N[C@@H](CCC(N)=O)C(=O)N[C@@H](CCCN=C(N)N)C(=O)NCC(=O)O)[C@@H](C)CC. The third-order valence-corrected chi connectivity index (χ3v) is 7.78. The zero-order valence-electron chi connectivity index (χ0n) is 27.4. The van der Waals surface area contributed by atoms with Crippen LogP contribution in [0.5, 0.6) is 0 Å². The minimum absolute atomic E-state index is 0.0322. The number of amides is 6. The second-order valence-electron chi connectivity index (χ2n) is 10.6. The zero-order valence-corrected chi connectivity index (χ0v) is 28.3. The number of aliphatic carboxylic acids is 1. The number of carboxylic acids is 1. The lowest BCUT2D eigenvalue weighted by molar-refractivity contribution is -0.203. The number of nitrogens with one attached hydrogen (secondary N) is 6. The van der Waals surface area contributed by atoms with E-state index in [1.165, 1.54) is 13.8 Å². The third-order valence-electron chi connectivity index (χ3n) is 6.59. The van der Waals surface area contributed by atoms with E-state index in [-0.39, 0.29) is 44.8 Å². The van der Waals surface area contributed by atoms with Gasteiger partial charge in [0.05, 0.1) is 19.2 Å². The molecule has 274 valence electrons. The highest BCUT2D eigenvalue weighted by Gasteiger charge is 2.31. The number of carboxylic acid groups (broad SMARTS) is 1. The van der Waals surface area contributed by atoms with Crippen LogP contribution in [0.4, 0.5) is 0 Å². The van der Waals surface area contributed by atoms with Gasteiger partial charge in [-0.1, -0.05) is 20.3 Å². The maximum absolute atomic E-state index is 13.1. The van der Waals surface area contributed by atoms with E-state index in [0.717, 1.165) is 0 Å². The Morgan fingerprint density at radius 1 is 0.854 bits per heavy atom. The van der Waals surface area contributed by atoms with Crippen LogP contribution in [0.1, 0.15) is 59.8 Å². The molecule has 0 fully saturated rings. The van der Waals surface area contributed by atoms with Crippen molar-refractivity contribution in [2.45, 2.75) is 84.0 Å². The molecule has 0 aromatic rings. The first-order valence-electron chi connectivity index (χ1n) is 15.1. The van der Waals surface area contributed by atoms with Crippen LogP contribution in [-0.2, 0) is 42.7 Å². The fraction of sp³-hybridized carbons (Fsp3) is 0.692. The monoisotopic (exact) mass is 707 g/mol. The van der Waals surface area contributed by atoms with E-state index < -0.39 is 92.3 Å². The fourth-order valence-corrected chi connectivity index (χ4v) is 5.01. The Labute approximate surface area is 277 Å². The highest BCUT2D eigenvalue weighted by molar-refractivity contribution is 7.49. The number of nitrogens with zero attached hydrogens (tertiary/aromatic N) is 1. The first kappa shape index (κ1) is 43.7. The van der Waals surface area contributed by atoms with Gasteiger partial charge in [-0.3, -0.25) is 43.1 Å². The number of carbonyl (C=O) groups is 7. The summed E-state index contributed by atoms with van der Waals surface area (Å²) in [6.45, 7) is 4.62. The molecule has 1 unspecified atom stereocenters. The molecule has 21 nitrogen and oxygen atoms in total. The van der Waals surface area contributed by atoms with Gasteiger partial charge in [-0.25, -0.2) is 5.09 Å². The number of nitrogens with two attached hydrogens (primary N) is 3. The summed E-state index contributed by atoms with van der Waals surface area (Å²) in [5.41, 5.74) is 15.7. The molecular weight excluding hydrogens is 659 g/mol. The Hall–Kier alpha value is -4.33. The smallest absolute Gasteiger partial charge is 0.322 e. The van der Waals surface area contributed by atoms with Crippen molar-refractivity contribution in [3.8, 4) is 0 Å². The summed E-state index contributed by atoms with van der Waals surface area (Å²) >= 11 is 0. The quantitative estimate of drug-likeness (QED) is 0.0196. The first-order valence-corrected chi connectivity index (χ1v) is 16.6. The van der Waals surface area contributed by atoms with Gasteiger partial charge in [-0.05, 0) is 39.0 Å². The second kappa shape index (κ2) is 22.3. The molecule has 0 aromatic carbocycles. The second-order valence-corrected chi connectivity index (χ2v) is 12.1. The molecule has 6 atom stereocenters. The van der Waals surface area contributed by atoms with Crippen LogP contribution in [0.25, 0.3) is 0 Å². The molecule has 48 heavy (non-hydrogen) atoms. The Morgan fingerprint density at radius 3 is 2.00 bits per heavy atom. The van der Waals surface area contributed by atoms with Crippen molar-refractivity contribution in [3.05, 3.63) is 0 Å². The van der Waals surface area contributed by atoms with Crippen LogP contribution < -0.4 is 53.8 Å². The molecule has 6 amide bonds. The first-order chi connectivity index (χ1) is 22.3. The Bertz CT molecular complexity index is 1220. The molecular formula is C26H48N10O11P-. The van der Waals surface area contributed by atoms with E-state index in [4.69, 9.17) is 22.3 Å². The molecule has 22 heteroatoms. The third kappa shape index (κ3) is 18.7. The molecule has 0 saturated heterocycles. The van der Waals surface area contributed by atoms with Gasteiger partial charge in [0, 0.05) is 13.0 Å². The minimum atomic E-state index is -4.57. The normalized spacial score (nSPS) is 15.2. The summed E-state index contributed by atoms with van der Waals surface area (Å²) in [5, 5.41) is 22.6. The Balaban J connectivity index is 5.50. The van der Waals surface area contributed by atoms with Crippen molar-refractivity contribution < 1.29 is 52.7 Å². The van der Waals surface area contributed by atoms with Crippen molar-refractivity contribution in [3.63, 3.8) is 0 Å². The number of aliphatic imine (C=N–C) groups is 1. The Morgan fingerprint density at radius 2 is 1.46 bits per heavy atom. The number of hydrogen-bond donors (Lipinski definition) is 10. The molecule has 0 aliphatic carbocycles. The average Bonchev–Trinajstić information content (AvgIpc) is 2.99. The molecule has 0 aliphatic heterocycles. The summed E-state index contributed by atoms with van der Waals surface area (Å²) in [7, 11) is -4.57. The molecule has 0 saturated carbocycles. The van der Waals surface area contributed by atoms with E-state index in [1.807, 2.05) is 0 Å². The molecule has 0 heterocycles. The van der Waals surface area contributed by atoms with Crippen molar-refractivity contribution in [1.82, 2.24) is 31.7 Å². The molecule has 0 radical (unpaired) electrons. The van der Waals surface area contributed by atoms with Crippen LogP contribution in [0.3, 0.4) is 0 Å². The van der Waals surface area contributed by atoms with Crippen molar-refractivity contribution in [2.24, 2.45) is 28.1 Å². The number of rotatable bonds is 24. The molecule has 0 rings (SSSR count). The van der Waals surface area contributed by atoms with E-state index >= 15 is 0 Å². The topological polar surface area (TPSA) is 352 Å². The summed E-state index contributed by atoms with van der Waals surface area (Å²) in [6.07, 6.45) is -0.0672. The van der Waals surface area contributed by atoms with Gasteiger partial charge < -0.3 is 58.3 Å². The number of primary amides is 1. The molecule has 0 spiro atoms. The molecule has 0 aromatic heterocycles. The Kier molecular flexibility index (Phi) is 20.3. The fourth-order valence-electron chi connectivity index (χ4n) is 3.88. The predicted octanol–water partition coefficient (Wildman–Crippen LogP) is -4.39. The zero-order chi connectivity index (χ0) is 37.0. The van der Waals surface area contributed by atoms with E-state index in [1.54, 1.807) is 13.8 Å². The molecule has 13 N–H and O–H groups in total. The van der Waals surface area contributed by atoms with Crippen LogP contribution in [-0.4, -0.2) is 103 Å². The lowest BCUT2D eigenvalue weighted by Gasteiger charge is -2.32. The van der Waals surface area contributed by atoms with Gasteiger partial charge >= 0.3 is 5.97 Å². The van der Waals surface area contributed by atoms with Crippen LogP contribution in [0.2, 0.25) is 0 Å². The largest absolute Gasteiger partial charge is 0.766 e. The lowest BCUT2D eigenvalue weighted by Crippen LogP contribution is -2.56. The highest BCUT2D eigenvalue weighted by atomic mass is 31.2. The highest BCUT2D eigenvalue weighted by Crippen LogP contribution is 2.33.